The molecular formula is C16H24N4O2Si. The highest BCUT2D eigenvalue weighted by molar-refractivity contribution is 6.76. The molecule has 2 rings (SSSR count). The first-order chi connectivity index (χ1) is 10.8. The summed E-state index contributed by atoms with van der Waals surface area (Å²) in [6.45, 7) is 11.0. The number of hydrogen-bond acceptors (Lipinski definition) is 5. The molecule has 2 aromatic rings. The normalized spacial score (nSPS) is 13.1. The van der Waals surface area contributed by atoms with Gasteiger partial charge in [-0.2, -0.15) is 5.10 Å². The average Bonchev–Trinajstić information content (AvgIpc) is 2.99. The summed E-state index contributed by atoms with van der Waals surface area (Å²) in [4.78, 5) is 15.3. The fraction of sp³-hybridized carbons (Fsp3) is 0.500. The predicted octanol–water partition coefficient (Wildman–Crippen LogP) is 3.97. The summed E-state index contributed by atoms with van der Waals surface area (Å²) in [5.74, 6) is 1.03. The highest BCUT2D eigenvalue weighted by atomic mass is 28.3. The Bertz CT molecular complexity index is 651. The average molecular weight is 332 g/mol. The molecule has 1 heterocycles. The largest absolute Gasteiger partial charge is 0.497 e. The third kappa shape index (κ3) is 4.25. The van der Waals surface area contributed by atoms with E-state index in [-0.39, 0.29) is 5.92 Å². The summed E-state index contributed by atoms with van der Waals surface area (Å²) in [6.07, 6.45) is 2.91. The van der Waals surface area contributed by atoms with Gasteiger partial charge in [-0.05, 0) is 17.2 Å². The molecule has 0 bridgehead atoms. The second-order valence-corrected chi connectivity index (χ2v) is 12.5. The molecule has 0 aliphatic carbocycles. The monoisotopic (exact) mass is 332 g/mol. The number of benzene rings is 1. The first-order valence-corrected chi connectivity index (χ1v) is 11.5. The molecule has 23 heavy (non-hydrogen) atoms. The summed E-state index contributed by atoms with van der Waals surface area (Å²) >= 11 is 0. The lowest BCUT2D eigenvalue weighted by Crippen LogP contribution is -2.30. The van der Waals surface area contributed by atoms with Gasteiger partial charge in [-0.3, -0.25) is 0 Å². The SMILES string of the molecule is CC(C)c1c(OC[Si](C)(C)C)cccc1C(N=O)n1cncn1. The molecule has 0 aliphatic rings. The number of ether oxygens (including phenoxy) is 1. The fourth-order valence-corrected chi connectivity index (χ4v) is 3.00. The van der Waals surface area contributed by atoms with Gasteiger partial charge in [0.1, 0.15) is 18.4 Å². The van der Waals surface area contributed by atoms with Crippen LogP contribution >= 0.6 is 0 Å². The molecule has 0 aliphatic heterocycles. The topological polar surface area (TPSA) is 69.4 Å². The van der Waals surface area contributed by atoms with Crippen molar-refractivity contribution in [3.63, 3.8) is 0 Å². The Kier molecular flexibility index (Phi) is 5.30. The molecule has 7 heteroatoms. The summed E-state index contributed by atoms with van der Waals surface area (Å²) in [7, 11) is -1.34. The van der Waals surface area contributed by atoms with Crippen LogP contribution in [0.2, 0.25) is 19.6 Å². The number of nitroso groups, excluding NO2 is 1. The lowest BCUT2D eigenvalue weighted by Gasteiger charge is -2.23. The van der Waals surface area contributed by atoms with Crippen molar-refractivity contribution in [1.29, 1.82) is 0 Å². The van der Waals surface area contributed by atoms with E-state index < -0.39 is 14.2 Å². The number of hydrogen-bond donors (Lipinski definition) is 0. The van der Waals surface area contributed by atoms with E-state index in [0.717, 1.165) is 23.1 Å². The molecule has 0 N–H and O–H groups in total. The molecule has 1 aromatic carbocycles. The van der Waals surface area contributed by atoms with E-state index in [1.54, 1.807) is 0 Å². The highest BCUT2D eigenvalue weighted by Crippen LogP contribution is 2.35. The van der Waals surface area contributed by atoms with Crippen LogP contribution in [-0.2, 0) is 0 Å². The summed E-state index contributed by atoms with van der Waals surface area (Å²) in [6, 6.07) is 5.77. The van der Waals surface area contributed by atoms with Gasteiger partial charge in [-0.25, -0.2) is 9.67 Å². The van der Waals surface area contributed by atoms with Crippen LogP contribution in [0.1, 0.15) is 37.1 Å². The molecule has 1 aromatic heterocycles. The molecule has 0 radical (unpaired) electrons. The second-order valence-electron chi connectivity index (χ2n) is 7.12. The maximum Gasteiger partial charge on any atom is 0.210 e. The first-order valence-electron chi connectivity index (χ1n) is 7.75. The van der Waals surface area contributed by atoms with E-state index in [0.29, 0.717) is 0 Å². The number of rotatable bonds is 7. The van der Waals surface area contributed by atoms with Gasteiger partial charge in [0.2, 0.25) is 6.17 Å². The summed E-state index contributed by atoms with van der Waals surface area (Å²) < 4.78 is 7.56. The van der Waals surface area contributed by atoms with Crippen LogP contribution in [0.15, 0.2) is 36.0 Å². The van der Waals surface area contributed by atoms with E-state index in [1.807, 2.05) is 18.2 Å². The molecule has 0 fully saturated rings. The first kappa shape index (κ1) is 17.3. The zero-order chi connectivity index (χ0) is 17.0. The van der Waals surface area contributed by atoms with Gasteiger partial charge in [0.05, 0.1) is 14.3 Å². The third-order valence-electron chi connectivity index (χ3n) is 3.40. The van der Waals surface area contributed by atoms with Crippen LogP contribution in [-0.4, -0.2) is 29.1 Å². The lowest BCUT2D eigenvalue weighted by molar-refractivity contribution is 0.370. The van der Waals surface area contributed by atoms with Crippen LogP contribution in [0.3, 0.4) is 0 Å². The van der Waals surface area contributed by atoms with E-state index in [1.165, 1.54) is 17.3 Å². The van der Waals surface area contributed by atoms with Gasteiger partial charge < -0.3 is 4.74 Å². The molecule has 6 nitrogen and oxygen atoms in total. The molecule has 0 spiro atoms. The van der Waals surface area contributed by atoms with Gasteiger partial charge >= 0.3 is 0 Å². The van der Waals surface area contributed by atoms with Crippen molar-refractivity contribution in [3.05, 3.63) is 46.9 Å². The Morgan fingerprint density at radius 1 is 1.30 bits per heavy atom. The van der Waals surface area contributed by atoms with Gasteiger partial charge in [0.25, 0.3) is 0 Å². The standard InChI is InChI=1S/C16H24N4O2Si/c1-12(2)15-13(16(19-21)20-10-17-9-18-20)7-6-8-14(15)22-11-23(3,4)5/h6-10,12,16H,11H2,1-5H3. The second kappa shape index (κ2) is 7.04. The smallest absolute Gasteiger partial charge is 0.210 e. The Hall–Kier alpha value is -2.02. The zero-order valence-corrected chi connectivity index (χ0v) is 15.4. The van der Waals surface area contributed by atoms with E-state index in [9.17, 15) is 4.91 Å². The maximum absolute atomic E-state index is 11.4. The van der Waals surface area contributed by atoms with Crippen molar-refractivity contribution < 1.29 is 4.74 Å². The van der Waals surface area contributed by atoms with E-state index in [4.69, 9.17) is 4.74 Å². The Morgan fingerprint density at radius 3 is 2.57 bits per heavy atom. The van der Waals surface area contributed by atoms with Crippen molar-refractivity contribution in [3.8, 4) is 5.75 Å². The molecule has 1 unspecified atom stereocenters. The molecule has 1 atom stereocenters. The van der Waals surface area contributed by atoms with Crippen molar-refractivity contribution in [1.82, 2.24) is 14.8 Å². The van der Waals surface area contributed by atoms with Crippen molar-refractivity contribution in [2.75, 3.05) is 6.23 Å². The Morgan fingerprint density at radius 2 is 2.04 bits per heavy atom. The van der Waals surface area contributed by atoms with Crippen molar-refractivity contribution in [2.24, 2.45) is 5.18 Å². The van der Waals surface area contributed by atoms with E-state index in [2.05, 4.69) is 48.7 Å². The fourth-order valence-electron chi connectivity index (χ4n) is 2.42. The molecule has 124 valence electrons. The molecule has 0 amide bonds. The van der Waals surface area contributed by atoms with Crippen LogP contribution in [0.5, 0.6) is 5.75 Å². The van der Waals surface area contributed by atoms with Crippen LogP contribution < -0.4 is 4.74 Å². The van der Waals surface area contributed by atoms with Crippen molar-refractivity contribution in [2.45, 2.75) is 45.6 Å². The van der Waals surface area contributed by atoms with Gasteiger partial charge in [0, 0.05) is 11.1 Å². The summed E-state index contributed by atoms with van der Waals surface area (Å²) in [5.41, 5.74) is 1.82. The zero-order valence-electron chi connectivity index (χ0n) is 14.4. The Balaban J connectivity index is 2.45. The van der Waals surface area contributed by atoms with Gasteiger partial charge in [-0.15, -0.1) is 4.91 Å². The van der Waals surface area contributed by atoms with Crippen LogP contribution in [0.25, 0.3) is 0 Å². The van der Waals surface area contributed by atoms with Crippen molar-refractivity contribution >= 4 is 8.07 Å². The van der Waals surface area contributed by atoms with E-state index >= 15 is 0 Å². The lowest BCUT2D eigenvalue weighted by atomic mass is 9.94. The van der Waals surface area contributed by atoms with Gasteiger partial charge in [0.15, 0.2) is 0 Å². The summed E-state index contributed by atoms with van der Waals surface area (Å²) in [5, 5.41) is 7.31. The third-order valence-corrected chi connectivity index (χ3v) is 4.41. The van der Waals surface area contributed by atoms with Crippen LogP contribution in [0, 0.1) is 4.91 Å². The number of aromatic nitrogens is 3. The molecular weight excluding hydrogens is 308 g/mol. The maximum atomic E-state index is 11.4. The van der Waals surface area contributed by atoms with Gasteiger partial charge in [-0.1, -0.05) is 45.6 Å². The highest BCUT2D eigenvalue weighted by Gasteiger charge is 2.24. The number of nitrogens with zero attached hydrogens (tertiary/aromatic N) is 4. The quantitative estimate of drug-likeness (QED) is 0.568. The molecule has 0 saturated heterocycles. The minimum absolute atomic E-state index is 0.204. The minimum Gasteiger partial charge on any atom is -0.497 e. The minimum atomic E-state index is -1.34. The molecule has 0 saturated carbocycles. The Labute approximate surface area is 137 Å². The predicted molar refractivity (Wildman–Crippen MR) is 93.3 cm³/mol. The van der Waals surface area contributed by atoms with Crippen LogP contribution in [0.4, 0.5) is 0 Å².